The van der Waals surface area contributed by atoms with Gasteiger partial charge in [0.2, 0.25) is 0 Å². The van der Waals surface area contributed by atoms with Crippen LogP contribution in [0.1, 0.15) is 48.7 Å². The minimum Gasteiger partial charge on any atom is -0.390 e. The lowest BCUT2D eigenvalue weighted by Crippen LogP contribution is -2.49. The molecule has 2 aromatic carbocycles. The van der Waals surface area contributed by atoms with Crippen LogP contribution in [0.2, 0.25) is 0 Å². The molecule has 0 saturated heterocycles. The Hall–Kier alpha value is -2.48. The Kier molecular flexibility index (Phi) is 8.42. The van der Waals surface area contributed by atoms with Crippen LogP contribution in [-0.2, 0) is 19.4 Å². The lowest BCUT2D eigenvalue weighted by atomic mass is 9.99. The third kappa shape index (κ3) is 5.85. The summed E-state index contributed by atoms with van der Waals surface area (Å²) in [5.74, 6) is 0.865. The number of benzene rings is 2. The molecule has 0 saturated carbocycles. The summed E-state index contributed by atoms with van der Waals surface area (Å²) in [6.45, 7) is 7.64. The highest BCUT2D eigenvalue weighted by molar-refractivity contribution is 8.00. The van der Waals surface area contributed by atoms with Crippen LogP contribution in [0, 0.1) is 0 Å². The molecule has 35 heavy (non-hydrogen) atoms. The predicted molar refractivity (Wildman–Crippen MR) is 147 cm³/mol. The van der Waals surface area contributed by atoms with E-state index in [9.17, 15) is 9.90 Å². The van der Waals surface area contributed by atoms with Crippen molar-refractivity contribution < 1.29 is 9.90 Å². The molecule has 188 valence electrons. The predicted octanol–water partition coefficient (Wildman–Crippen LogP) is 4.39. The molecule has 0 fully saturated rings. The third-order valence-electron chi connectivity index (χ3n) is 7.00. The molecule has 2 heterocycles. The van der Waals surface area contributed by atoms with E-state index in [-0.39, 0.29) is 5.91 Å². The van der Waals surface area contributed by atoms with Crippen LogP contribution in [0.25, 0.3) is 10.9 Å². The number of aliphatic hydroxyl groups excluding tert-OH is 1. The fourth-order valence-electron chi connectivity index (χ4n) is 4.69. The standard InChI is InChI=1S/C28H38N4O2S/c1-5-19(3)29-17-26(33)23(14-20-10-8-7-9-11-20)30-28(34)22-15-24-27-21(12-13-35-31(24)4)18-32(6-2)25(27)16-22/h7-11,15-16,18-19,23,26,29,33H,5-6,12-14,17H2,1-4H3,(H,30,34)/t19-,23+,26-/m1/s1. The number of aryl methyl sites for hydroxylation is 2. The fourth-order valence-corrected chi connectivity index (χ4v) is 5.56. The zero-order chi connectivity index (χ0) is 24.9. The Bertz CT molecular complexity index is 1150. The minimum absolute atomic E-state index is 0.153. The third-order valence-corrected chi connectivity index (χ3v) is 7.98. The van der Waals surface area contributed by atoms with Crippen molar-refractivity contribution >= 4 is 34.4 Å². The molecule has 0 aliphatic carbocycles. The molecule has 1 aliphatic heterocycles. The number of carbonyl (C=O) groups is 1. The number of hydrogen-bond donors (Lipinski definition) is 3. The maximum Gasteiger partial charge on any atom is 0.251 e. The lowest BCUT2D eigenvalue weighted by Gasteiger charge is -2.26. The van der Waals surface area contributed by atoms with E-state index in [4.69, 9.17) is 0 Å². The van der Waals surface area contributed by atoms with E-state index in [0.717, 1.165) is 41.9 Å². The van der Waals surface area contributed by atoms with E-state index < -0.39 is 12.1 Å². The van der Waals surface area contributed by atoms with Gasteiger partial charge >= 0.3 is 0 Å². The summed E-state index contributed by atoms with van der Waals surface area (Å²) in [7, 11) is 2.07. The number of anilines is 1. The molecule has 3 N–H and O–H groups in total. The maximum absolute atomic E-state index is 13.6. The molecular formula is C28H38N4O2S. The summed E-state index contributed by atoms with van der Waals surface area (Å²) < 4.78 is 4.42. The van der Waals surface area contributed by atoms with Gasteiger partial charge in [-0.05, 0) is 68.3 Å². The van der Waals surface area contributed by atoms with Crippen molar-refractivity contribution in [2.24, 2.45) is 0 Å². The highest BCUT2D eigenvalue weighted by Gasteiger charge is 2.25. The molecule has 0 unspecified atom stereocenters. The summed E-state index contributed by atoms with van der Waals surface area (Å²) in [5.41, 5.74) is 5.23. The van der Waals surface area contributed by atoms with Crippen molar-refractivity contribution in [1.29, 1.82) is 0 Å². The van der Waals surface area contributed by atoms with Crippen molar-refractivity contribution in [3.63, 3.8) is 0 Å². The van der Waals surface area contributed by atoms with Gasteiger partial charge in [0.25, 0.3) is 5.91 Å². The van der Waals surface area contributed by atoms with Gasteiger partial charge in [-0.1, -0.05) is 37.3 Å². The summed E-state index contributed by atoms with van der Waals surface area (Å²) in [5, 5.41) is 18.9. The van der Waals surface area contributed by atoms with Crippen molar-refractivity contribution in [2.45, 2.75) is 64.8 Å². The summed E-state index contributed by atoms with van der Waals surface area (Å²) in [6.07, 6.45) is 4.10. The number of nitrogens with one attached hydrogen (secondary N) is 2. The molecular weight excluding hydrogens is 456 g/mol. The first-order valence-corrected chi connectivity index (χ1v) is 13.6. The number of aliphatic hydroxyl groups is 1. The van der Waals surface area contributed by atoms with Gasteiger partial charge < -0.3 is 24.6 Å². The molecule has 3 atom stereocenters. The van der Waals surface area contributed by atoms with E-state index in [0.29, 0.717) is 24.6 Å². The van der Waals surface area contributed by atoms with E-state index >= 15 is 0 Å². The Balaban J connectivity index is 1.63. The number of amides is 1. The molecule has 1 aliphatic rings. The maximum atomic E-state index is 13.6. The van der Waals surface area contributed by atoms with Crippen LogP contribution in [0.15, 0.2) is 48.7 Å². The van der Waals surface area contributed by atoms with Gasteiger partial charge in [0, 0.05) is 49.1 Å². The number of aromatic nitrogens is 1. The van der Waals surface area contributed by atoms with Gasteiger partial charge in [-0.15, -0.1) is 0 Å². The molecule has 1 amide bonds. The lowest BCUT2D eigenvalue weighted by molar-refractivity contribution is 0.0825. The van der Waals surface area contributed by atoms with Gasteiger partial charge in [0.1, 0.15) is 0 Å². The van der Waals surface area contributed by atoms with E-state index in [1.807, 2.05) is 42.5 Å². The van der Waals surface area contributed by atoms with Crippen LogP contribution in [0.5, 0.6) is 0 Å². The summed E-state index contributed by atoms with van der Waals surface area (Å²) >= 11 is 1.78. The Morgan fingerprint density at radius 1 is 1.20 bits per heavy atom. The zero-order valence-corrected chi connectivity index (χ0v) is 22.1. The van der Waals surface area contributed by atoms with Crippen molar-refractivity contribution in [2.75, 3.05) is 23.7 Å². The van der Waals surface area contributed by atoms with E-state index in [1.165, 1.54) is 10.9 Å². The van der Waals surface area contributed by atoms with Gasteiger partial charge in [0.15, 0.2) is 0 Å². The Morgan fingerprint density at radius 3 is 2.69 bits per heavy atom. The molecule has 7 heteroatoms. The smallest absolute Gasteiger partial charge is 0.251 e. The average Bonchev–Trinajstić information content (AvgIpc) is 3.15. The minimum atomic E-state index is -0.706. The van der Waals surface area contributed by atoms with E-state index in [1.54, 1.807) is 11.9 Å². The second-order valence-corrected chi connectivity index (χ2v) is 10.7. The topological polar surface area (TPSA) is 69.5 Å². The molecule has 1 aromatic heterocycles. The van der Waals surface area contributed by atoms with Gasteiger partial charge in [0.05, 0.1) is 23.3 Å². The van der Waals surface area contributed by atoms with Crippen molar-refractivity contribution in [3.8, 4) is 0 Å². The first kappa shape index (κ1) is 25.6. The largest absolute Gasteiger partial charge is 0.390 e. The highest BCUT2D eigenvalue weighted by atomic mass is 32.2. The Labute approximate surface area is 213 Å². The van der Waals surface area contributed by atoms with E-state index in [2.05, 4.69) is 53.5 Å². The molecule has 6 nitrogen and oxygen atoms in total. The van der Waals surface area contributed by atoms with Gasteiger partial charge in [-0.3, -0.25) is 4.79 Å². The average molecular weight is 495 g/mol. The highest BCUT2D eigenvalue weighted by Crippen LogP contribution is 2.38. The molecule has 3 aromatic rings. The SMILES string of the molecule is CC[C@@H](C)NC[C@@H](O)[C@H](Cc1ccccc1)NC(=O)c1cc2c3c(cn(CC)c3c1)CCSN2C. The first-order chi connectivity index (χ1) is 16.9. The zero-order valence-electron chi connectivity index (χ0n) is 21.3. The monoisotopic (exact) mass is 494 g/mol. The van der Waals surface area contributed by atoms with Crippen molar-refractivity contribution in [3.05, 3.63) is 65.4 Å². The summed E-state index contributed by atoms with van der Waals surface area (Å²) in [4.78, 5) is 13.6. The quantitative estimate of drug-likeness (QED) is 0.365. The fraction of sp³-hybridized carbons (Fsp3) is 0.464. The number of hydrogen-bond acceptors (Lipinski definition) is 5. The van der Waals surface area contributed by atoms with Crippen molar-refractivity contribution in [1.82, 2.24) is 15.2 Å². The van der Waals surface area contributed by atoms with Crippen LogP contribution in [0.3, 0.4) is 0 Å². The number of carbonyl (C=O) groups excluding carboxylic acids is 1. The van der Waals surface area contributed by atoms with Gasteiger partial charge in [-0.25, -0.2) is 0 Å². The van der Waals surface area contributed by atoms with Crippen LogP contribution in [0.4, 0.5) is 5.69 Å². The molecule has 0 spiro atoms. The second kappa shape index (κ2) is 11.5. The van der Waals surface area contributed by atoms with Crippen LogP contribution >= 0.6 is 11.9 Å². The molecule has 0 radical (unpaired) electrons. The normalized spacial score (nSPS) is 16.1. The Morgan fingerprint density at radius 2 is 1.97 bits per heavy atom. The first-order valence-electron chi connectivity index (χ1n) is 12.7. The second-order valence-electron chi connectivity index (χ2n) is 9.47. The number of rotatable bonds is 10. The molecule has 4 rings (SSSR count). The van der Waals surface area contributed by atoms with Crippen LogP contribution < -0.4 is 14.9 Å². The summed E-state index contributed by atoms with van der Waals surface area (Å²) in [6, 6.07) is 13.9. The number of nitrogens with zero attached hydrogens (tertiary/aromatic N) is 2. The van der Waals surface area contributed by atoms with Gasteiger partial charge in [-0.2, -0.15) is 0 Å². The molecule has 0 bridgehead atoms. The van der Waals surface area contributed by atoms with Crippen LogP contribution in [-0.4, -0.2) is 53.1 Å².